The Morgan fingerprint density at radius 2 is 1.12 bits per heavy atom. The Morgan fingerprint density at radius 3 is 1.63 bits per heavy atom. The van der Waals surface area contributed by atoms with Crippen molar-refractivity contribution in [1.82, 2.24) is 47.2 Å². The van der Waals surface area contributed by atoms with E-state index in [4.69, 9.17) is 0 Å². The molecule has 2 aliphatic heterocycles. The number of amides is 6. The van der Waals surface area contributed by atoms with Crippen molar-refractivity contribution in [2.24, 2.45) is 29.6 Å². The number of nitrogens with zero attached hydrogens (tertiary/aromatic N) is 1. The van der Waals surface area contributed by atoms with Gasteiger partial charge in [0.2, 0.25) is 35.4 Å². The fourth-order valence-corrected chi connectivity index (χ4v) is 7.61. The van der Waals surface area contributed by atoms with E-state index in [2.05, 4.69) is 47.2 Å². The predicted octanol–water partition coefficient (Wildman–Crippen LogP) is 0.576. The van der Waals surface area contributed by atoms with Crippen molar-refractivity contribution in [2.75, 3.05) is 5.75 Å². The zero-order valence-corrected chi connectivity index (χ0v) is 32.4. The van der Waals surface area contributed by atoms with E-state index in [-0.39, 0.29) is 59.6 Å². The fourth-order valence-electron chi connectivity index (χ4n) is 6.12. The number of H-pyrrole nitrogens is 1. The van der Waals surface area contributed by atoms with Gasteiger partial charge in [-0.2, -0.15) is 0 Å². The molecular weight excluding hydrogens is 675 g/mol. The number of aromatic amines is 1. The van der Waals surface area contributed by atoms with Crippen molar-refractivity contribution < 1.29 is 28.8 Å². The van der Waals surface area contributed by atoms with Crippen LogP contribution >= 0.6 is 11.8 Å². The van der Waals surface area contributed by atoms with E-state index >= 15 is 0 Å². The molecule has 2 saturated heterocycles. The standard InChI is InChI=1S/C35H59N9O6S/c1-16(2)11-22-30(46)41-26(18(5)6)33(49)43-27(19(7)8)34(50)44-28(20(9)10)35-40-24(14-51-35)31(47)42-25(17(3)4)32(48)39-23(29(45)38-22)12-21-13-36-15-37-21/h13,15-20,22-28,35,40H,11-12,14H2,1-10H3,(H,36,37)(H,38,45)(H,39,48)(H,41,46)(H,42,47)(H,43,49)(H,44,50)/t22-,23+,24+,25-,26+,27-,28+,35?/m1/s1. The molecule has 0 radical (unpaired) electrons. The van der Waals surface area contributed by atoms with Crippen LogP contribution < -0.4 is 37.2 Å². The van der Waals surface area contributed by atoms with Crippen molar-refractivity contribution >= 4 is 47.2 Å². The Labute approximate surface area is 305 Å². The van der Waals surface area contributed by atoms with Crippen LogP contribution in [-0.4, -0.2) is 98.8 Å². The molecule has 8 N–H and O–H groups in total. The monoisotopic (exact) mass is 733 g/mol. The van der Waals surface area contributed by atoms with Crippen molar-refractivity contribution in [2.45, 2.75) is 130 Å². The lowest BCUT2D eigenvalue weighted by molar-refractivity contribution is -0.136. The largest absolute Gasteiger partial charge is 0.349 e. The van der Waals surface area contributed by atoms with Gasteiger partial charge in [-0.25, -0.2) is 4.98 Å². The van der Waals surface area contributed by atoms with Crippen molar-refractivity contribution in [3.63, 3.8) is 0 Å². The maximum absolute atomic E-state index is 13.9. The number of hydrogen-bond donors (Lipinski definition) is 8. The second kappa shape index (κ2) is 18.7. The van der Waals surface area contributed by atoms with E-state index in [1.54, 1.807) is 33.9 Å². The van der Waals surface area contributed by atoms with E-state index in [0.717, 1.165) is 0 Å². The minimum Gasteiger partial charge on any atom is -0.349 e. The number of hydrogen-bond acceptors (Lipinski definition) is 9. The molecule has 0 aromatic carbocycles. The summed E-state index contributed by atoms with van der Waals surface area (Å²) in [7, 11) is 0. The van der Waals surface area contributed by atoms with Crippen LogP contribution in [0.3, 0.4) is 0 Å². The number of carbonyl (C=O) groups is 6. The van der Waals surface area contributed by atoms with Gasteiger partial charge in [-0.05, 0) is 36.0 Å². The Hall–Kier alpha value is -3.66. The van der Waals surface area contributed by atoms with Crippen LogP contribution in [0.2, 0.25) is 0 Å². The Bertz CT molecular complexity index is 1370. The lowest BCUT2D eigenvalue weighted by Gasteiger charge is -2.32. The van der Waals surface area contributed by atoms with Gasteiger partial charge in [0.25, 0.3) is 0 Å². The van der Waals surface area contributed by atoms with E-state index < -0.39 is 65.9 Å². The highest BCUT2D eigenvalue weighted by molar-refractivity contribution is 8.00. The van der Waals surface area contributed by atoms with Crippen LogP contribution in [0.5, 0.6) is 0 Å². The third-order valence-electron chi connectivity index (χ3n) is 9.17. The van der Waals surface area contributed by atoms with Crippen LogP contribution in [-0.2, 0) is 35.2 Å². The van der Waals surface area contributed by atoms with Gasteiger partial charge in [-0.3, -0.25) is 34.1 Å². The van der Waals surface area contributed by atoms with Gasteiger partial charge in [0, 0.05) is 24.1 Å². The molecule has 3 heterocycles. The first-order valence-electron chi connectivity index (χ1n) is 18.1. The number of imidazole rings is 1. The van der Waals surface area contributed by atoms with E-state index in [9.17, 15) is 28.8 Å². The maximum Gasteiger partial charge on any atom is 0.243 e. The molecule has 51 heavy (non-hydrogen) atoms. The lowest BCUT2D eigenvalue weighted by atomic mass is 9.97. The van der Waals surface area contributed by atoms with Crippen LogP contribution in [0.4, 0.5) is 0 Å². The van der Waals surface area contributed by atoms with Gasteiger partial charge in [-0.1, -0.05) is 69.2 Å². The second-order valence-corrected chi connectivity index (χ2v) is 16.6. The first kappa shape index (κ1) is 41.8. The number of fused-ring (bicyclic) bond motifs is 2. The van der Waals surface area contributed by atoms with Gasteiger partial charge in [0.05, 0.1) is 23.8 Å². The minimum absolute atomic E-state index is 0.0203. The predicted molar refractivity (Wildman–Crippen MR) is 196 cm³/mol. The summed E-state index contributed by atoms with van der Waals surface area (Å²) in [6, 6.07) is -6.10. The minimum atomic E-state index is -1.13. The number of nitrogens with one attached hydrogen (secondary N) is 8. The van der Waals surface area contributed by atoms with Crippen molar-refractivity contribution in [3.8, 4) is 0 Å². The van der Waals surface area contributed by atoms with Gasteiger partial charge >= 0.3 is 0 Å². The van der Waals surface area contributed by atoms with E-state index in [0.29, 0.717) is 11.4 Å². The van der Waals surface area contributed by atoms with Crippen LogP contribution in [0, 0.1) is 29.6 Å². The second-order valence-electron chi connectivity index (χ2n) is 15.5. The molecule has 0 aliphatic carbocycles. The summed E-state index contributed by atoms with van der Waals surface area (Å²) in [5.74, 6) is -3.64. The number of aromatic nitrogens is 2. The van der Waals surface area contributed by atoms with Gasteiger partial charge < -0.3 is 36.9 Å². The molecule has 1 aromatic rings. The molecule has 286 valence electrons. The molecule has 3 rings (SSSR count). The lowest BCUT2D eigenvalue weighted by Crippen LogP contribution is -2.61. The Morgan fingerprint density at radius 1 is 0.627 bits per heavy atom. The zero-order valence-electron chi connectivity index (χ0n) is 31.6. The SMILES string of the molecule is CC(C)C[C@H]1NC(=O)[C@H](Cc2cnc[nH]2)NC(=O)[C@@H](C(C)C)NC(=O)[C@@H]2CSC(N2)[C@H](C(C)C)NC(=O)[C@@H](C(C)C)NC(=O)[C@H](C(C)C)NC1=O. The fraction of sp³-hybridized carbons (Fsp3) is 0.743. The summed E-state index contributed by atoms with van der Waals surface area (Å²) in [5.41, 5.74) is 0.577. The summed E-state index contributed by atoms with van der Waals surface area (Å²) < 4.78 is 0. The van der Waals surface area contributed by atoms with Crippen LogP contribution in [0.25, 0.3) is 0 Å². The zero-order chi connectivity index (χ0) is 38.2. The van der Waals surface area contributed by atoms with Crippen molar-refractivity contribution in [1.29, 1.82) is 0 Å². The topological polar surface area (TPSA) is 215 Å². The molecule has 15 nitrogen and oxygen atoms in total. The number of rotatable bonds is 8. The highest BCUT2D eigenvalue weighted by Crippen LogP contribution is 2.26. The van der Waals surface area contributed by atoms with Gasteiger partial charge in [-0.15, -0.1) is 11.8 Å². The highest BCUT2D eigenvalue weighted by Gasteiger charge is 2.40. The molecule has 2 bridgehead atoms. The van der Waals surface area contributed by atoms with E-state index in [1.807, 2.05) is 41.5 Å². The summed E-state index contributed by atoms with van der Waals surface area (Å²) in [6.07, 6.45) is 3.29. The average Bonchev–Trinajstić information content (AvgIpc) is 3.74. The first-order valence-corrected chi connectivity index (χ1v) is 19.1. The normalized spacial score (nSPS) is 29.4. The van der Waals surface area contributed by atoms with Gasteiger partial charge in [0.1, 0.15) is 30.2 Å². The summed E-state index contributed by atoms with van der Waals surface area (Å²) in [4.78, 5) is 89.8. The molecule has 0 spiro atoms. The van der Waals surface area contributed by atoms with Crippen molar-refractivity contribution in [3.05, 3.63) is 18.2 Å². The summed E-state index contributed by atoms with van der Waals surface area (Å²) in [5, 5.41) is 20.3. The maximum atomic E-state index is 13.9. The number of thioether (sulfide) groups is 1. The molecule has 1 unspecified atom stereocenters. The Balaban J connectivity index is 2.06. The molecule has 0 saturated carbocycles. The van der Waals surface area contributed by atoms with Crippen LogP contribution in [0.15, 0.2) is 12.5 Å². The molecule has 16 heteroatoms. The smallest absolute Gasteiger partial charge is 0.243 e. The average molecular weight is 734 g/mol. The molecule has 8 atom stereocenters. The quantitative estimate of drug-likeness (QED) is 0.187. The molecule has 2 fully saturated rings. The molecule has 6 amide bonds. The van der Waals surface area contributed by atoms with Crippen LogP contribution in [0.1, 0.15) is 81.4 Å². The third kappa shape index (κ3) is 11.7. The first-order chi connectivity index (χ1) is 23.9. The van der Waals surface area contributed by atoms with Gasteiger partial charge in [0.15, 0.2) is 0 Å². The third-order valence-corrected chi connectivity index (χ3v) is 10.5. The summed E-state index contributed by atoms with van der Waals surface area (Å²) in [6.45, 7) is 18.6. The highest BCUT2D eigenvalue weighted by atomic mass is 32.2. The molecule has 1 aromatic heterocycles. The molecule has 2 aliphatic rings. The summed E-state index contributed by atoms with van der Waals surface area (Å²) >= 11 is 1.49. The van der Waals surface area contributed by atoms with E-state index in [1.165, 1.54) is 18.1 Å². The molecular formula is C35H59N9O6S. The Kier molecular flexibility index (Phi) is 15.3. The number of carbonyl (C=O) groups excluding carboxylic acids is 6.